The minimum atomic E-state index is -4.20. The van der Waals surface area contributed by atoms with Gasteiger partial charge in [-0.3, -0.25) is 4.55 Å². The highest BCUT2D eigenvalue weighted by molar-refractivity contribution is 7.86. The van der Waals surface area contributed by atoms with Crippen molar-refractivity contribution in [2.24, 2.45) is 0 Å². The van der Waals surface area contributed by atoms with E-state index in [1.165, 1.54) is 25.7 Å². The second kappa shape index (κ2) is 9.16. The van der Waals surface area contributed by atoms with Gasteiger partial charge in [-0.25, -0.2) is 0 Å². The molecule has 0 aliphatic heterocycles. The van der Waals surface area contributed by atoms with Gasteiger partial charge in [0.25, 0.3) is 10.1 Å². The van der Waals surface area contributed by atoms with Crippen molar-refractivity contribution >= 4 is 30.0 Å². The van der Waals surface area contributed by atoms with Crippen molar-refractivity contribution in [2.45, 2.75) is 50.3 Å². The molecule has 0 saturated heterocycles. The first-order valence-electron chi connectivity index (χ1n) is 8.43. The van der Waals surface area contributed by atoms with Crippen molar-refractivity contribution in [3.63, 3.8) is 0 Å². The molecule has 2 rings (SSSR count). The van der Waals surface area contributed by atoms with Gasteiger partial charge in [0.05, 0.1) is 4.90 Å². The smallest absolute Gasteiger partial charge is 0.282 e. The standard InChI is InChI=1S/C19H24O3SSi/c1-2-3-4-5-7-10-16-13-14-18(23(20,21)22)19(15-16)24-17-11-8-6-9-12-17/h6,8-9,11-15H,2-5,7,10H2,1H3,(H,20,21,22). The molecule has 5 heteroatoms. The van der Waals surface area contributed by atoms with Crippen LogP contribution < -0.4 is 10.4 Å². The van der Waals surface area contributed by atoms with E-state index >= 15 is 0 Å². The summed E-state index contributed by atoms with van der Waals surface area (Å²) in [4.78, 5) is 0.0272. The van der Waals surface area contributed by atoms with Gasteiger partial charge in [-0.1, -0.05) is 80.3 Å². The molecular weight excluding hydrogens is 336 g/mol. The average Bonchev–Trinajstić information content (AvgIpc) is 2.55. The Morgan fingerprint density at radius 2 is 1.67 bits per heavy atom. The van der Waals surface area contributed by atoms with Crippen molar-refractivity contribution in [3.8, 4) is 0 Å². The summed E-state index contributed by atoms with van der Waals surface area (Å²) in [6, 6.07) is 15.1. The molecule has 0 fully saturated rings. The third-order valence-corrected chi connectivity index (χ3v) is 6.34. The second-order valence-corrected chi connectivity index (χ2v) is 8.72. The fraction of sp³-hybridized carbons (Fsp3) is 0.368. The fourth-order valence-corrected chi connectivity index (χ4v) is 4.92. The van der Waals surface area contributed by atoms with E-state index in [0.717, 1.165) is 23.6 Å². The van der Waals surface area contributed by atoms with E-state index in [2.05, 4.69) is 6.92 Å². The minimum absolute atomic E-state index is 0.0272. The van der Waals surface area contributed by atoms with Gasteiger partial charge in [-0.05, 0) is 29.7 Å². The molecule has 0 atom stereocenters. The normalized spacial score (nSPS) is 11.6. The molecule has 0 aliphatic rings. The third-order valence-electron chi connectivity index (χ3n) is 3.94. The van der Waals surface area contributed by atoms with Crippen molar-refractivity contribution in [1.82, 2.24) is 0 Å². The lowest BCUT2D eigenvalue weighted by atomic mass is 10.1. The number of rotatable bonds is 9. The highest BCUT2D eigenvalue weighted by Crippen LogP contribution is 2.12. The molecule has 3 nitrogen and oxygen atoms in total. The van der Waals surface area contributed by atoms with Crippen LogP contribution in [-0.4, -0.2) is 22.5 Å². The molecule has 0 amide bonds. The van der Waals surface area contributed by atoms with Gasteiger partial charge in [0.2, 0.25) is 0 Å². The monoisotopic (exact) mass is 360 g/mol. The molecule has 0 heterocycles. The number of hydrogen-bond donors (Lipinski definition) is 1. The lowest BCUT2D eigenvalue weighted by molar-refractivity contribution is 0.484. The second-order valence-electron chi connectivity index (χ2n) is 5.96. The Hall–Kier alpha value is -1.43. The van der Waals surface area contributed by atoms with Crippen molar-refractivity contribution in [1.29, 1.82) is 0 Å². The summed E-state index contributed by atoms with van der Waals surface area (Å²) in [7, 11) is -3.98. The van der Waals surface area contributed by atoms with Gasteiger partial charge in [0.15, 0.2) is 0 Å². The number of hydrogen-bond acceptors (Lipinski definition) is 2. The van der Waals surface area contributed by atoms with Gasteiger partial charge in [0.1, 0.15) is 9.52 Å². The number of aryl methyl sites for hydroxylation is 1. The average molecular weight is 361 g/mol. The van der Waals surface area contributed by atoms with Crippen LogP contribution in [0.1, 0.15) is 44.6 Å². The molecule has 0 saturated carbocycles. The van der Waals surface area contributed by atoms with E-state index in [4.69, 9.17) is 0 Å². The zero-order valence-electron chi connectivity index (χ0n) is 14.0. The molecule has 2 aromatic rings. The summed E-state index contributed by atoms with van der Waals surface area (Å²) < 4.78 is 32.8. The summed E-state index contributed by atoms with van der Waals surface area (Å²) in [5.41, 5.74) is 1.14. The van der Waals surface area contributed by atoms with Crippen LogP contribution in [0.25, 0.3) is 0 Å². The van der Waals surface area contributed by atoms with Crippen LogP contribution in [0.5, 0.6) is 0 Å². The van der Waals surface area contributed by atoms with E-state index in [1.807, 2.05) is 42.5 Å². The first-order valence-corrected chi connectivity index (χ1v) is 10.9. The molecule has 1 N–H and O–H groups in total. The summed E-state index contributed by atoms with van der Waals surface area (Å²) in [5, 5.41) is 1.75. The van der Waals surface area contributed by atoms with Crippen LogP contribution in [0.4, 0.5) is 0 Å². The summed E-state index contributed by atoms with van der Waals surface area (Å²) >= 11 is 0. The molecular formula is C19H24O3SSi. The van der Waals surface area contributed by atoms with Gasteiger partial charge in [0, 0.05) is 0 Å². The summed E-state index contributed by atoms with van der Waals surface area (Å²) in [5.74, 6) is 0. The molecule has 0 spiro atoms. The Morgan fingerprint density at radius 3 is 2.33 bits per heavy atom. The van der Waals surface area contributed by atoms with Crippen molar-refractivity contribution < 1.29 is 13.0 Å². The van der Waals surface area contributed by atoms with E-state index < -0.39 is 10.1 Å². The SMILES string of the molecule is CCCCCCCc1ccc(S(=O)(=O)O)c([Si]c2ccccc2)c1. The maximum atomic E-state index is 11.6. The quantitative estimate of drug-likeness (QED) is 0.425. The Kier molecular flexibility index (Phi) is 7.21. The van der Waals surface area contributed by atoms with Crippen LogP contribution in [-0.2, 0) is 16.5 Å². The zero-order chi connectivity index (χ0) is 17.4. The Balaban J connectivity index is 2.16. The first-order chi connectivity index (χ1) is 11.5. The Morgan fingerprint density at radius 1 is 0.958 bits per heavy atom. The van der Waals surface area contributed by atoms with Gasteiger partial charge >= 0.3 is 0 Å². The lowest BCUT2D eigenvalue weighted by Gasteiger charge is -2.10. The molecule has 0 bridgehead atoms. The Bertz CT molecular complexity index is 742. The van der Waals surface area contributed by atoms with Crippen molar-refractivity contribution in [2.75, 3.05) is 0 Å². The van der Waals surface area contributed by atoms with E-state index in [1.54, 1.807) is 6.07 Å². The minimum Gasteiger partial charge on any atom is -0.282 e. The highest BCUT2D eigenvalue weighted by Gasteiger charge is 2.16. The lowest BCUT2D eigenvalue weighted by Crippen LogP contribution is -2.31. The van der Waals surface area contributed by atoms with Crippen LogP contribution in [0.15, 0.2) is 53.4 Å². The van der Waals surface area contributed by atoms with Gasteiger partial charge < -0.3 is 0 Å². The largest absolute Gasteiger partial charge is 0.294 e. The highest BCUT2D eigenvalue weighted by atomic mass is 32.2. The van der Waals surface area contributed by atoms with Gasteiger partial charge in [-0.2, -0.15) is 8.42 Å². The molecule has 2 aromatic carbocycles. The fourth-order valence-electron chi connectivity index (χ4n) is 2.66. The molecule has 0 aromatic heterocycles. The number of unbranched alkanes of at least 4 members (excludes halogenated alkanes) is 4. The molecule has 128 valence electrons. The molecule has 24 heavy (non-hydrogen) atoms. The third kappa shape index (κ3) is 5.89. The van der Waals surface area contributed by atoms with Crippen LogP contribution in [0.3, 0.4) is 0 Å². The van der Waals surface area contributed by atoms with Crippen molar-refractivity contribution in [3.05, 3.63) is 54.1 Å². The summed E-state index contributed by atoms with van der Waals surface area (Å²) in [6.45, 7) is 2.20. The van der Waals surface area contributed by atoms with E-state index in [0.29, 0.717) is 5.19 Å². The van der Waals surface area contributed by atoms with E-state index in [9.17, 15) is 13.0 Å². The molecule has 0 aliphatic carbocycles. The van der Waals surface area contributed by atoms with Gasteiger partial charge in [-0.15, -0.1) is 0 Å². The Labute approximate surface area is 147 Å². The maximum Gasteiger partial charge on any atom is 0.294 e. The molecule has 0 unspecified atom stereocenters. The predicted molar refractivity (Wildman–Crippen MR) is 100 cm³/mol. The maximum absolute atomic E-state index is 11.6. The topological polar surface area (TPSA) is 54.4 Å². The van der Waals surface area contributed by atoms with Crippen LogP contribution in [0.2, 0.25) is 0 Å². The predicted octanol–water partition coefficient (Wildman–Crippen LogP) is 3.10. The zero-order valence-corrected chi connectivity index (χ0v) is 15.8. The molecule has 2 radical (unpaired) electrons. The van der Waals surface area contributed by atoms with Crippen LogP contribution >= 0.6 is 0 Å². The van der Waals surface area contributed by atoms with Crippen LogP contribution in [0, 0.1) is 0 Å². The number of benzene rings is 2. The summed E-state index contributed by atoms with van der Waals surface area (Å²) in [6.07, 6.45) is 7.00. The first kappa shape index (κ1) is 18.9. The van der Waals surface area contributed by atoms with E-state index in [-0.39, 0.29) is 14.4 Å².